The lowest BCUT2D eigenvalue weighted by Crippen LogP contribution is -2.32. The van der Waals surface area contributed by atoms with Crippen molar-refractivity contribution in [2.75, 3.05) is 4.31 Å². The number of halogens is 4. The standard InChI is InChI=1S/C26H18ClF3N2O4S/c27-23-14-21(26(28,29)30)15-31-24(23)32(37(35,36)22-11-9-19(10-12-22)25(33)34)16-17-5-4-8-20(13-17)18-6-2-1-3-7-18/h1-15H,16H2,(H,33,34). The van der Waals surface area contributed by atoms with E-state index in [0.29, 0.717) is 17.8 Å². The number of sulfonamides is 1. The average molecular weight is 547 g/mol. The third kappa shape index (κ3) is 5.76. The minimum atomic E-state index is -4.73. The summed E-state index contributed by atoms with van der Waals surface area (Å²) in [7, 11) is -4.43. The highest BCUT2D eigenvalue weighted by Gasteiger charge is 2.34. The lowest BCUT2D eigenvalue weighted by Gasteiger charge is -2.25. The zero-order valence-electron chi connectivity index (χ0n) is 18.9. The van der Waals surface area contributed by atoms with Gasteiger partial charge < -0.3 is 5.11 Å². The smallest absolute Gasteiger partial charge is 0.417 e. The summed E-state index contributed by atoms with van der Waals surface area (Å²) >= 11 is 6.14. The molecule has 3 aromatic carbocycles. The van der Waals surface area contributed by atoms with Crippen molar-refractivity contribution >= 4 is 33.4 Å². The van der Waals surface area contributed by atoms with Gasteiger partial charge in [0.15, 0.2) is 5.82 Å². The molecule has 0 atom stereocenters. The molecule has 1 heterocycles. The largest absolute Gasteiger partial charge is 0.478 e. The fourth-order valence-corrected chi connectivity index (χ4v) is 5.33. The topological polar surface area (TPSA) is 87.6 Å². The molecule has 4 rings (SSSR count). The first-order valence-electron chi connectivity index (χ1n) is 10.7. The highest BCUT2D eigenvalue weighted by Crippen LogP contribution is 2.36. The number of rotatable bonds is 7. The first-order chi connectivity index (χ1) is 17.5. The Balaban J connectivity index is 1.81. The summed E-state index contributed by atoms with van der Waals surface area (Å²) in [6, 6.07) is 21.4. The quantitative estimate of drug-likeness (QED) is 0.285. The van der Waals surface area contributed by atoms with Crippen LogP contribution in [0.25, 0.3) is 11.1 Å². The van der Waals surface area contributed by atoms with Crippen molar-refractivity contribution in [3.63, 3.8) is 0 Å². The summed E-state index contributed by atoms with van der Waals surface area (Å²) < 4.78 is 67.7. The van der Waals surface area contributed by atoms with Gasteiger partial charge in [0.1, 0.15) is 0 Å². The fourth-order valence-electron chi connectivity index (χ4n) is 3.59. The number of aromatic nitrogens is 1. The van der Waals surface area contributed by atoms with Gasteiger partial charge in [-0.15, -0.1) is 0 Å². The number of pyridine rings is 1. The average Bonchev–Trinajstić information content (AvgIpc) is 2.87. The van der Waals surface area contributed by atoms with Crippen LogP contribution < -0.4 is 4.31 Å². The van der Waals surface area contributed by atoms with Gasteiger partial charge in [-0.3, -0.25) is 0 Å². The third-order valence-electron chi connectivity index (χ3n) is 5.43. The van der Waals surface area contributed by atoms with Crippen LogP contribution in [0.1, 0.15) is 21.5 Å². The number of aromatic carboxylic acids is 1. The number of benzene rings is 3. The number of alkyl halides is 3. The zero-order chi connectivity index (χ0) is 26.8. The molecule has 4 aromatic rings. The van der Waals surface area contributed by atoms with Crippen LogP contribution in [0.5, 0.6) is 0 Å². The van der Waals surface area contributed by atoms with Crippen LogP contribution in [-0.4, -0.2) is 24.5 Å². The lowest BCUT2D eigenvalue weighted by atomic mass is 10.0. The number of anilines is 1. The molecule has 1 aromatic heterocycles. The van der Waals surface area contributed by atoms with E-state index < -0.39 is 38.6 Å². The van der Waals surface area contributed by atoms with Gasteiger partial charge in [0.25, 0.3) is 10.0 Å². The first kappa shape index (κ1) is 26.2. The first-order valence-corrected chi connectivity index (χ1v) is 12.5. The maximum Gasteiger partial charge on any atom is 0.417 e. The van der Waals surface area contributed by atoms with Crippen molar-refractivity contribution in [2.24, 2.45) is 0 Å². The number of hydrogen-bond acceptors (Lipinski definition) is 4. The zero-order valence-corrected chi connectivity index (χ0v) is 20.4. The number of carboxylic acids is 1. The Bertz CT molecular complexity index is 1540. The molecule has 0 unspecified atom stereocenters. The molecule has 11 heteroatoms. The van der Waals surface area contributed by atoms with Crippen LogP contribution in [0, 0.1) is 0 Å². The van der Waals surface area contributed by atoms with Gasteiger partial charge in [0.05, 0.1) is 27.6 Å². The molecule has 37 heavy (non-hydrogen) atoms. The summed E-state index contributed by atoms with van der Waals surface area (Å²) in [6.45, 7) is -0.304. The molecule has 1 N–H and O–H groups in total. The van der Waals surface area contributed by atoms with Gasteiger partial charge in [-0.2, -0.15) is 13.2 Å². The SMILES string of the molecule is O=C(O)c1ccc(S(=O)(=O)N(Cc2cccc(-c3ccccc3)c2)c2ncc(C(F)(F)F)cc2Cl)cc1. The Morgan fingerprint density at radius 3 is 2.16 bits per heavy atom. The molecule has 0 amide bonds. The molecular formula is C26H18ClF3N2O4S. The Labute approximate surface area is 215 Å². The normalized spacial score (nSPS) is 11.8. The van der Waals surface area contributed by atoms with E-state index in [1.165, 1.54) is 0 Å². The molecule has 0 aliphatic rings. The molecular weight excluding hydrogens is 529 g/mol. The molecule has 190 valence electrons. The van der Waals surface area contributed by atoms with E-state index in [-0.39, 0.29) is 17.0 Å². The van der Waals surface area contributed by atoms with E-state index in [9.17, 15) is 26.4 Å². The molecule has 0 aliphatic heterocycles. The molecule has 0 radical (unpaired) electrons. The van der Waals surface area contributed by atoms with Crippen molar-refractivity contribution < 1.29 is 31.5 Å². The van der Waals surface area contributed by atoms with E-state index in [4.69, 9.17) is 16.7 Å². The Morgan fingerprint density at radius 2 is 1.57 bits per heavy atom. The van der Waals surface area contributed by atoms with Gasteiger partial charge in [-0.1, -0.05) is 60.1 Å². The highest BCUT2D eigenvalue weighted by molar-refractivity contribution is 7.92. The minimum absolute atomic E-state index is 0.133. The maximum absolute atomic E-state index is 13.7. The molecule has 0 bridgehead atoms. The van der Waals surface area contributed by atoms with Crippen molar-refractivity contribution in [1.29, 1.82) is 0 Å². The number of carboxylic acid groups (broad SMARTS) is 1. The lowest BCUT2D eigenvalue weighted by molar-refractivity contribution is -0.137. The second kappa shape index (κ2) is 10.2. The molecule has 0 saturated heterocycles. The molecule has 0 saturated carbocycles. The van der Waals surface area contributed by atoms with Gasteiger partial charge in [-0.05, 0) is 53.1 Å². The minimum Gasteiger partial charge on any atom is -0.478 e. The Hall–Kier alpha value is -3.89. The monoisotopic (exact) mass is 546 g/mol. The van der Waals surface area contributed by atoms with Gasteiger partial charge in [0.2, 0.25) is 0 Å². The Morgan fingerprint density at radius 1 is 0.919 bits per heavy atom. The van der Waals surface area contributed by atoms with Crippen LogP contribution in [0.15, 0.2) is 96.0 Å². The summed E-state index contributed by atoms with van der Waals surface area (Å²) in [5.41, 5.74) is 0.938. The van der Waals surface area contributed by atoms with Crippen LogP contribution in [0.3, 0.4) is 0 Å². The van der Waals surface area contributed by atoms with E-state index in [2.05, 4.69) is 4.98 Å². The number of hydrogen-bond donors (Lipinski definition) is 1. The van der Waals surface area contributed by atoms with Gasteiger partial charge >= 0.3 is 12.1 Å². The van der Waals surface area contributed by atoms with Gasteiger partial charge in [0, 0.05) is 6.20 Å². The van der Waals surface area contributed by atoms with Crippen LogP contribution in [-0.2, 0) is 22.7 Å². The van der Waals surface area contributed by atoms with Crippen molar-refractivity contribution in [2.45, 2.75) is 17.6 Å². The highest BCUT2D eigenvalue weighted by atomic mass is 35.5. The van der Waals surface area contributed by atoms with Crippen LogP contribution in [0.4, 0.5) is 19.0 Å². The van der Waals surface area contributed by atoms with E-state index in [1.807, 2.05) is 36.4 Å². The van der Waals surface area contributed by atoms with Gasteiger partial charge in [-0.25, -0.2) is 22.5 Å². The van der Waals surface area contributed by atoms with E-state index >= 15 is 0 Å². The molecule has 0 aliphatic carbocycles. The second-order valence-corrected chi connectivity index (χ2v) is 10.2. The summed E-state index contributed by atoms with van der Waals surface area (Å²) in [5.74, 6) is -1.65. The fraction of sp³-hybridized carbons (Fsp3) is 0.0769. The predicted molar refractivity (Wildman–Crippen MR) is 133 cm³/mol. The molecule has 0 spiro atoms. The molecule has 6 nitrogen and oxygen atoms in total. The predicted octanol–water partition coefficient (Wildman–Crippen LogP) is 6.51. The maximum atomic E-state index is 13.7. The third-order valence-corrected chi connectivity index (χ3v) is 7.46. The Kier molecular flexibility index (Phi) is 7.24. The number of nitrogens with zero attached hydrogens (tertiary/aromatic N) is 2. The van der Waals surface area contributed by atoms with E-state index in [1.54, 1.807) is 18.2 Å². The van der Waals surface area contributed by atoms with Crippen molar-refractivity contribution in [3.05, 3.63) is 113 Å². The van der Waals surface area contributed by atoms with Crippen LogP contribution >= 0.6 is 11.6 Å². The van der Waals surface area contributed by atoms with Crippen molar-refractivity contribution in [1.82, 2.24) is 4.98 Å². The molecule has 0 fully saturated rings. The summed E-state index contributed by atoms with van der Waals surface area (Å²) in [4.78, 5) is 14.7. The number of carbonyl (C=O) groups is 1. The van der Waals surface area contributed by atoms with E-state index in [0.717, 1.165) is 39.7 Å². The van der Waals surface area contributed by atoms with Crippen LogP contribution in [0.2, 0.25) is 5.02 Å². The van der Waals surface area contributed by atoms with Crippen molar-refractivity contribution in [3.8, 4) is 11.1 Å². The summed E-state index contributed by atoms with van der Waals surface area (Å²) in [6.07, 6.45) is -4.22. The second-order valence-electron chi connectivity index (χ2n) is 7.93. The summed E-state index contributed by atoms with van der Waals surface area (Å²) in [5, 5.41) is 8.62.